The Morgan fingerprint density at radius 1 is 1.62 bits per heavy atom. The number of carbonyl (C=O) groups is 1. The zero-order valence-corrected chi connectivity index (χ0v) is 11.6. The van der Waals surface area contributed by atoms with Gasteiger partial charge in [0.05, 0.1) is 9.83 Å². The molecule has 1 N–H and O–H groups in total. The number of hydrogen-bond acceptors (Lipinski definition) is 3. The molecule has 88 valence electrons. The van der Waals surface area contributed by atoms with Crippen LogP contribution in [-0.2, 0) is 11.3 Å². The van der Waals surface area contributed by atoms with Gasteiger partial charge in [0.2, 0.25) is 5.91 Å². The van der Waals surface area contributed by atoms with E-state index in [-0.39, 0.29) is 11.9 Å². The molecule has 1 amide bonds. The third-order valence-electron chi connectivity index (χ3n) is 2.82. The topological polar surface area (TPSA) is 32.3 Å². The quantitative estimate of drug-likeness (QED) is 0.928. The van der Waals surface area contributed by atoms with E-state index in [4.69, 9.17) is 0 Å². The summed E-state index contributed by atoms with van der Waals surface area (Å²) in [6.45, 7) is 4.65. The van der Waals surface area contributed by atoms with Crippen LogP contribution in [0.15, 0.2) is 15.9 Å². The zero-order valence-electron chi connectivity index (χ0n) is 9.20. The molecule has 1 atom stereocenters. The number of halogens is 1. The molecule has 2 rings (SSSR count). The second kappa shape index (κ2) is 5.29. The van der Waals surface area contributed by atoms with Gasteiger partial charge in [-0.25, -0.2) is 0 Å². The van der Waals surface area contributed by atoms with Crippen molar-refractivity contribution in [3.05, 3.63) is 20.8 Å². The van der Waals surface area contributed by atoms with E-state index >= 15 is 0 Å². The van der Waals surface area contributed by atoms with Crippen molar-refractivity contribution in [1.29, 1.82) is 0 Å². The lowest BCUT2D eigenvalue weighted by Crippen LogP contribution is -2.54. The SMILES string of the molecule is CCC1C(=O)NCCN1Cc1ccc(Br)s1. The van der Waals surface area contributed by atoms with E-state index in [9.17, 15) is 4.79 Å². The van der Waals surface area contributed by atoms with Gasteiger partial charge in [0.1, 0.15) is 0 Å². The minimum atomic E-state index is 0.0367. The van der Waals surface area contributed by atoms with Crippen molar-refractivity contribution in [2.24, 2.45) is 0 Å². The van der Waals surface area contributed by atoms with E-state index in [0.717, 1.165) is 29.8 Å². The van der Waals surface area contributed by atoms with E-state index < -0.39 is 0 Å². The number of carbonyl (C=O) groups excluding carboxylic acids is 1. The maximum Gasteiger partial charge on any atom is 0.237 e. The molecule has 0 bridgehead atoms. The molecule has 0 aromatic carbocycles. The van der Waals surface area contributed by atoms with E-state index in [2.05, 4.69) is 45.2 Å². The van der Waals surface area contributed by atoms with Crippen molar-refractivity contribution in [3.63, 3.8) is 0 Å². The molecular formula is C11H15BrN2OS. The first-order valence-electron chi connectivity index (χ1n) is 5.46. The molecule has 1 aromatic rings. The van der Waals surface area contributed by atoms with E-state index in [1.54, 1.807) is 11.3 Å². The molecule has 1 fully saturated rings. The molecule has 0 spiro atoms. The Morgan fingerprint density at radius 2 is 2.44 bits per heavy atom. The Balaban J connectivity index is 2.04. The average molecular weight is 303 g/mol. The highest BCUT2D eigenvalue weighted by atomic mass is 79.9. The summed E-state index contributed by atoms with van der Waals surface area (Å²) < 4.78 is 1.15. The second-order valence-electron chi connectivity index (χ2n) is 3.89. The first-order valence-corrected chi connectivity index (χ1v) is 7.07. The fourth-order valence-electron chi connectivity index (χ4n) is 2.03. The molecule has 1 saturated heterocycles. The van der Waals surface area contributed by atoms with Crippen LogP contribution in [0.4, 0.5) is 0 Å². The van der Waals surface area contributed by atoms with Crippen molar-refractivity contribution in [2.45, 2.75) is 25.9 Å². The molecule has 1 aromatic heterocycles. The predicted molar refractivity (Wildman–Crippen MR) is 69.5 cm³/mol. The van der Waals surface area contributed by atoms with Crippen molar-refractivity contribution >= 4 is 33.2 Å². The lowest BCUT2D eigenvalue weighted by Gasteiger charge is -2.34. The van der Waals surface area contributed by atoms with Crippen LogP contribution < -0.4 is 5.32 Å². The number of thiophene rings is 1. The number of nitrogens with zero attached hydrogens (tertiary/aromatic N) is 1. The summed E-state index contributed by atoms with van der Waals surface area (Å²) in [5, 5.41) is 2.92. The lowest BCUT2D eigenvalue weighted by atomic mass is 10.1. The smallest absolute Gasteiger partial charge is 0.237 e. The van der Waals surface area contributed by atoms with Crippen LogP contribution in [0.1, 0.15) is 18.2 Å². The van der Waals surface area contributed by atoms with Gasteiger partial charge in [-0.1, -0.05) is 6.92 Å². The van der Waals surface area contributed by atoms with Gasteiger partial charge in [0, 0.05) is 24.5 Å². The molecule has 0 radical (unpaired) electrons. The number of hydrogen-bond donors (Lipinski definition) is 1. The van der Waals surface area contributed by atoms with E-state index in [1.807, 2.05) is 0 Å². The molecule has 0 aliphatic carbocycles. The highest BCUT2D eigenvalue weighted by Gasteiger charge is 2.27. The van der Waals surface area contributed by atoms with Gasteiger partial charge >= 0.3 is 0 Å². The molecule has 0 saturated carbocycles. The van der Waals surface area contributed by atoms with E-state index in [1.165, 1.54) is 4.88 Å². The van der Waals surface area contributed by atoms with Gasteiger partial charge in [-0.15, -0.1) is 11.3 Å². The third kappa shape index (κ3) is 2.64. The number of amides is 1. The minimum absolute atomic E-state index is 0.0367. The number of piperazine rings is 1. The standard InChI is InChI=1S/C11H15BrN2OS/c1-2-9-11(15)13-5-6-14(9)7-8-3-4-10(12)16-8/h3-4,9H,2,5-7H2,1H3,(H,13,15). The van der Waals surface area contributed by atoms with Crippen LogP contribution in [-0.4, -0.2) is 29.9 Å². The average Bonchev–Trinajstić information content (AvgIpc) is 2.64. The van der Waals surface area contributed by atoms with E-state index in [0.29, 0.717) is 0 Å². The van der Waals surface area contributed by atoms with Gasteiger partial charge in [-0.05, 0) is 34.5 Å². The largest absolute Gasteiger partial charge is 0.353 e. The zero-order chi connectivity index (χ0) is 11.5. The van der Waals surface area contributed by atoms with Crippen molar-refractivity contribution < 1.29 is 4.79 Å². The Hall–Kier alpha value is -0.390. The number of nitrogens with one attached hydrogen (secondary N) is 1. The summed E-state index contributed by atoms with van der Waals surface area (Å²) in [5.74, 6) is 0.171. The van der Waals surface area contributed by atoms with Crippen molar-refractivity contribution in [1.82, 2.24) is 10.2 Å². The van der Waals surface area contributed by atoms with Gasteiger partial charge < -0.3 is 5.32 Å². The molecule has 2 heterocycles. The van der Waals surface area contributed by atoms with Crippen LogP contribution in [0, 0.1) is 0 Å². The molecular weight excluding hydrogens is 288 g/mol. The number of rotatable bonds is 3. The summed E-state index contributed by atoms with van der Waals surface area (Å²) in [7, 11) is 0. The highest BCUT2D eigenvalue weighted by molar-refractivity contribution is 9.11. The molecule has 1 aliphatic heterocycles. The van der Waals surface area contributed by atoms with Gasteiger partial charge in [-0.2, -0.15) is 0 Å². The summed E-state index contributed by atoms with van der Waals surface area (Å²) in [6.07, 6.45) is 0.873. The van der Waals surface area contributed by atoms with Gasteiger partial charge in [0.15, 0.2) is 0 Å². The Bertz CT molecular complexity index is 380. The first kappa shape index (κ1) is 12.1. The highest BCUT2D eigenvalue weighted by Crippen LogP contribution is 2.24. The van der Waals surface area contributed by atoms with Crippen LogP contribution in [0.3, 0.4) is 0 Å². The summed E-state index contributed by atoms with van der Waals surface area (Å²) in [5.41, 5.74) is 0. The van der Waals surface area contributed by atoms with Crippen molar-refractivity contribution in [3.8, 4) is 0 Å². The predicted octanol–water partition coefficient (Wildman–Crippen LogP) is 2.22. The van der Waals surface area contributed by atoms with Crippen molar-refractivity contribution in [2.75, 3.05) is 13.1 Å². The third-order valence-corrected chi connectivity index (χ3v) is 4.42. The summed E-state index contributed by atoms with van der Waals surface area (Å²) >= 11 is 5.20. The monoisotopic (exact) mass is 302 g/mol. The second-order valence-corrected chi connectivity index (χ2v) is 6.44. The van der Waals surface area contributed by atoms with Crippen LogP contribution in [0.25, 0.3) is 0 Å². The maximum absolute atomic E-state index is 11.7. The van der Waals surface area contributed by atoms with Crippen LogP contribution >= 0.6 is 27.3 Å². The Morgan fingerprint density at radius 3 is 3.06 bits per heavy atom. The molecule has 16 heavy (non-hydrogen) atoms. The normalized spacial score (nSPS) is 22.1. The minimum Gasteiger partial charge on any atom is -0.353 e. The van der Waals surface area contributed by atoms with Crippen LogP contribution in [0.5, 0.6) is 0 Å². The summed E-state index contributed by atoms with van der Waals surface area (Å²) in [6, 6.07) is 4.22. The molecule has 1 aliphatic rings. The molecule has 3 nitrogen and oxygen atoms in total. The first-order chi connectivity index (χ1) is 7.70. The summed E-state index contributed by atoms with van der Waals surface area (Å²) in [4.78, 5) is 15.2. The molecule has 5 heteroatoms. The fourth-order valence-corrected chi connectivity index (χ4v) is 3.54. The van der Waals surface area contributed by atoms with Gasteiger partial charge in [0.25, 0.3) is 0 Å². The van der Waals surface area contributed by atoms with Gasteiger partial charge in [-0.3, -0.25) is 9.69 Å². The van der Waals surface area contributed by atoms with Crippen LogP contribution in [0.2, 0.25) is 0 Å². The fraction of sp³-hybridized carbons (Fsp3) is 0.545. The Kier molecular flexibility index (Phi) is 4.00. The lowest BCUT2D eigenvalue weighted by molar-refractivity contribution is -0.129. The Labute approximate surface area is 108 Å². The molecule has 1 unspecified atom stereocenters. The maximum atomic E-state index is 11.7.